The van der Waals surface area contributed by atoms with Crippen LogP contribution in [0.5, 0.6) is 0 Å². The van der Waals surface area contributed by atoms with Crippen LogP contribution in [0, 0.1) is 0 Å². The molecule has 3 rings (SSSR count). The molecule has 2 aromatic heterocycles. The fraction of sp³-hybridized carbons (Fsp3) is 0. The van der Waals surface area contributed by atoms with Crippen LogP contribution < -0.4 is 5.73 Å². The Hall–Kier alpha value is -1.37. The summed E-state index contributed by atoms with van der Waals surface area (Å²) in [6, 6.07) is 9.02. The summed E-state index contributed by atoms with van der Waals surface area (Å²) in [7, 11) is 0. The lowest BCUT2D eigenvalue weighted by molar-refractivity contribution is 0.432. The molecule has 0 radical (unpaired) electrons. The van der Waals surface area contributed by atoms with Crippen molar-refractivity contribution >= 4 is 44.6 Å². The smallest absolute Gasteiger partial charge is 0.260 e. The molecule has 2 N–H and O–H groups in total. The van der Waals surface area contributed by atoms with E-state index in [0.29, 0.717) is 28.0 Å². The van der Waals surface area contributed by atoms with Crippen LogP contribution in [0.15, 0.2) is 38.6 Å². The standard InChI is InChI=1S/C12H7BrClN3OS/c13-10-4-3-9(19-10)11-16-12(18-17-11)7-2-1-6(14)5-8(7)15/h1-5H,15H2. The predicted molar refractivity (Wildman–Crippen MR) is 80.2 cm³/mol. The Morgan fingerprint density at radius 2 is 2.11 bits per heavy atom. The molecule has 19 heavy (non-hydrogen) atoms. The van der Waals surface area contributed by atoms with Crippen molar-refractivity contribution in [2.45, 2.75) is 0 Å². The van der Waals surface area contributed by atoms with E-state index in [4.69, 9.17) is 21.9 Å². The van der Waals surface area contributed by atoms with Crippen molar-refractivity contribution in [3.8, 4) is 22.2 Å². The third kappa shape index (κ3) is 2.51. The Morgan fingerprint density at radius 3 is 2.79 bits per heavy atom. The molecule has 0 aliphatic heterocycles. The molecule has 0 saturated heterocycles. The molecule has 7 heteroatoms. The van der Waals surface area contributed by atoms with E-state index in [9.17, 15) is 0 Å². The molecule has 0 fully saturated rings. The number of thiophene rings is 1. The van der Waals surface area contributed by atoms with Crippen LogP contribution in [-0.4, -0.2) is 10.1 Å². The van der Waals surface area contributed by atoms with Crippen LogP contribution >= 0.6 is 38.9 Å². The van der Waals surface area contributed by atoms with Gasteiger partial charge in [-0.3, -0.25) is 0 Å². The minimum atomic E-state index is 0.383. The summed E-state index contributed by atoms with van der Waals surface area (Å²) in [5.41, 5.74) is 7.08. The molecular formula is C12H7BrClN3OS. The van der Waals surface area contributed by atoms with E-state index in [1.54, 1.807) is 18.2 Å². The van der Waals surface area contributed by atoms with Crippen molar-refractivity contribution in [2.75, 3.05) is 5.73 Å². The number of nitrogens with zero attached hydrogens (tertiary/aromatic N) is 2. The number of nitrogen functional groups attached to an aromatic ring is 1. The zero-order valence-electron chi connectivity index (χ0n) is 9.43. The predicted octanol–water partition coefficient (Wildman–Crippen LogP) is 4.46. The number of rotatable bonds is 2. The van der Waals surface area contributed by atoms with E-state index >= 15 is 0 Å². The number of benzene rings is 1. The Bertz CT molecular complexity index is 740. The van der Waals surface area contributed by atoms with Crippen LogP contribution in [0.1, 0.15) is 0 Å². The molecule has 4 nitrogen and oxygen atoms in total. The maximum absolute atomic E-state index is 5.89. The number of hydrogen-bond donors (Lipinski definition) is 1. The highest BCUT2D eigenvalue weighted by Crippen LogP contribution is 2.32. The van der Waals surface area contributed by atoms with Crippen molar-refractivity contribution < 1.29 is 4.52 Å². The first-order valence-corrected chi connectivity index (χ1v) is 7.27. The molecule has 3 aromatic rings. The summed E-state index contributed by atoms with van der Waals surface area (Å²) in [4.78, 5) is 5.27. The molecule has 96 valence electrons. The van der Waals surface area contributed by atoms with Gasteiger partial charge in [-0.25, -0.2) is 0 Å². The van der Waals surface area contributed by atoms with E-state index in [0.717, 1.165) is 8.66 Å². The molecule has 0 aliphatic carbocycles. The van der Waals surface area contributed by atoms with Crippen molar-refractivity contribution in [1.29, 1.82) is 0 Å². The van der Waals surface area contributed by atoms with Gasteiger partial charge in [0.05, 0.1) is 14.2 Å². The summed E-state index contributed by atoms with van der Waals surface area (Å²) in [5.74, 6) is 0.925. The minimum absolute atomic E-state index is 0.383. The number of anilines is 1. The topological polar surface area (TPSA) is 64.9 Å². The molecule has 1 aromatic carbocycles. The lowest BCUT2D eigenvalue weighted by atomic mass is 10.2. The second-order valence-corrected chi connectivity index (χ2v) is 6.66. The highest BCUT2D eigenvalue weighted by Gasteiger charge is 2.14. The molecule has 0 bridgehead atoms. The van der Waals surface area contributed by atoms with Gasteiger partial charge in [-0.15, -0.1) is 11.3 Å². The van der Waals surface area contributed by atoms with Crippen LogP contribution in [0.2, 0.25) is 5.02 Å². The quantitative estimate of drug-likeness (QED) is 0.688. The van der Waals surface area contributed by atoms with Gasteiger partial charge in [-0.1, -0.05) is 16.8 Å². The highest BCUT2D eigenvalue weighted by molar-refractivity contribution is 9.11. The van der Waals surface area contributed by atoms with Gasteiger partial charge < -0.3 is 10.3 Å². The SMILES string of the molecule is Nc1cc(Cl)ccc1-c1nc(-c2ccc(Br)s2)no1. The van der Waals surface area contributed by atoms with Gasteiger partial charge in [0.2, 0.25) is 5.82 Å². The van der Waals surface area contributed by atoms with Crippen molar-refractivity contribution in [1.82, 2.24) is 10.1 Å². The average Bonchev–Trinajstić information content (AvgIpc) is 2.97. The van der Waals surface area contributed by atoms with E-state index in [1.807, 2.05) is 12.1 Å². The number of nitrogens with two attached hydrogens (primary N) is 1. The van der Waals surface area contributed by atoms with Crippen molar-refractivity contribution in [3.63, 3.8) is 0 Å². The van der Waals surface area contributed by atoms with Gasteiger partial charge in [-0.05, 0) is 46.3 Å². The summed E-state index contributed by atoms with van der Waals surface area (Å²) in [6.45, 7) is 0. The maximum atomic E-state index is 5.89. The Balaban J connectivity index is 2.01. The minimum Gasteiger partial charge on any atom is -0.398 e. The monoisotopic (exact) mass is 355 g/mol. The van der Waals surface area contributed by atoms with Crippen molar-refractivity contribution in [2.24, 2.45) is 0 Å². The van der Waals surface area contributed by atoms with E-state index in [1.165, 1.54) is 11.3 Å². The highest BCUT2D eigenvalue weighted by atomic mass is 79.9. The lowest BCUT2D eigenvalue weighted by Gasteiger charge is -1.99. The van der Waals surface area contributed by atoms with Gasteiger partial charge in [0.15, 0.2) is 0 Å². The fourth-order valence-electron chi connectivity index (χ4n) is 1.60. The third-order valence-corrected chi connectivity index (χ3v) is 4.32. The fourth-order valence-corrected chi connectivity index (χ4v) is 3.09. The maximum Gasteiger partial charge on any atom is 0.260 e. The normalized spacial score (nSPS) is 10.8. The molecule has 0 spiro atoms. The largest absolute Gasteiger partial charge is 0.398 e. The Kier molecular flexibility index (Phi) is 3.30. The zero-order chi connectivity index (χ0) is 13.4. The molecular weight excluding hydrogens is 350 g/mol. The molecule has 2 heterocycles. The van der Waals surface area contributed by atoms with Crippen LogP contribution in [0.3, 0.4) is 0 Å². The summed E-state index contributed by atoms with van der Waals surface area (Å²) in [5, 5.41) is 4.53. The van der Waals surface area contributed by atoms with E-state index in [2.05, 4.69) is 26.1 Å². The molecule has 0 atom stereocenters. The summed E-state index contributed by atoms with van der Waals surface area (Å²) >= 11 is 10.8. The molecule has 0 amide bonds. The average molecular weight is 357 g/mol. The molecule has 0 aliphatic rings. The Morgan fingerprint density at radius 1 is 1.26 bits per heavy atom. The second-order valence-electron chi connectivity index (χ2n) is 3.76. The van der Waals surface area contributed by atoms with Gasteiger partial charge >= 0.3 is 0 Å². The number of hydrogen-bond acceptors (Lipinski definition) is 5. The van der Waals surface area contributed by atoms with Crippen LogP contribution in [-0.2, 0) is 0 Å². The summed E-state index contributed by atoms with van der Waals surface area (Å²) in [6.07, 6.45) is 0. The first-order valence-electron chi connectivity index (χ1n) is 5.28. The number of halogens is 2. The zero-order valence-corrected chi connectivity index (χ0v) is 12.6. The van der Waals surface area contributed by atoms with Gasteiger partial charge in [0.1, 0.15) is 0 Å². The second kappa shape index (κ2) is 4.96. The molecule has 0 saturated carbocycles. The number of aromatic nitrogens is 2. The first kappa shape index (κ1) is 12.7. The van der Waals surface area contributed by atoms with E-state index in [-0.39, 0.29) is 0 Å². The van der Waals surface area contributed by atoms with Crippen molar-refractivity contribution in [3.05, 3.63) is 39.1 Å². The van der Waals surface area contributed by atoms with Gasteiger partial charge in [0.25, 0.3) is 5.89 Å². The van der Waals surface area contributed by atoms with Crippen LogP contribution in [0.25, 0.3) is 22.2 Å². The lowest BCUT2D eigenvalue weighted by Crippen LogP contribution is -1.89. The summed E-state index contributed by atoms with van der Waals surface area (Å²) < 4.78 is 6.26. The first-order chi connectivity index (χ1) is 9.13. The van der Waals surface area contributed by atoms with Gasteiger partial charge in [0, 0.05) is 10.7 Å². The Labute approximate surface area is 126 Å². The molecule has 0 unspecified atom stereocenters. The third-order valence-electron chi connectivity index (χ3n) is 2.46. The van der Waals surface area contributed by atoms with Crippen LogP contribution in [0.4, 0.5) is 5.69 Å². The van der Waals surface area contributed by atoms with Gasteiger partial charge in [-0.2, -0.15) is 4.98 Å². The van der Waals surface area contributed by atoms with E-state index < -0.39 is 0 Å².